The first-order valence-corrected chi connectivity index (χ1v) is 12.6. The van der Waals surface area contributed by atoms with Crippen molar-refractivity contribution in [2.45, 2.75) is 57.5 Å². The summed E-state index contributed by atoms with van der Waals surface area (Å²) in [6.45, 7) is 2.83. The molecule has 0 radical (unpaired) electrons. The molecule has 2 fully saturated rings. The fourth-order valence-electron chi connectivity index (χ4n) is 4.63. The lowest BCUT2D eigenvalue weighted by Gasteiger charge is -2.24. The summed E-state index contributed by atoms with van der Waals surface area (Å²) in [6.07, 6.45) is 5.89. The van der Waals surface area contributed by atoms with Gasteiger partial charge in [-0.3, -0.25) is 0 Å². The van der Waals surface area contributed by atoms with Gasteiger partial charge in [-0.1, -0.05) is 55.8 Å². The molecule has 35 heavy (non-hydrogen) atoms. The first-order chi connectivity index (χ1) is 17.2. The Kier molecular flexibility index (Phi) is 7.45. The number of carbonyl (C=O) groups excluding carboxylic acids is 1. The van der Waals surface area contributed by atoms with Crippen LogP contribution in [0.4, 0.5) is 0 Å². The van der Waals surface area contributed by atoms with Crippen LogP contribution in [0.25, 0.3) is 11.1 Å². The highest BCUT2D eigenvalue weighted by Gasteiger charge is 2.43. The summed E-state index contributed by atoms with van der Waals surface area (Å²) >= 11 is 0. The van der Waals surface area contributed by atoms with E-state index in [4.69, 9.17) is 18.9 Å². The second kappa shape index (κ2) is 11.1. The summed E-state index contributed by atoms with van der Waals surface area (Å²) in [6, 6.07) is 24.6. The Morgan fingerprint density at radius 3 is 2.31 bits per heavy atom. The quantitative estimate of drug-likeness (QED) is 0.143. The van der Waals surface area contributed by atoms with Gasteiger partial charge < -0.3 is 18.9 Å². The maximum atomic E-state index is 12.6. The lowest BCUT2D eigenvalue weighted by Crippen LogP contribution is -2.26. The number of esters is 1. The predicted octanol–water partition coefficient (Wildman–Crippen LogP) is 6.66. The Balaban J connectivity index is 1.13. The van der Waals surface area contributed by atoms with E-state index >= 15 is 0 Å². The summed E-state index contributed by atoms with van der Waals surface area (Å²) in [5, 5.41) is 0. The minimum Gasteiger partial charge on any atom is -0.465 e. The topological polar surface area (TPSA) is 57.3 Å². The number of epoxide rings is 1. The minimum atomic E-state index is -0.389. The monoisotopic (exact) mass is 472 g/mol. The number of fused-ring (bicyclic) bond motifs is 1. The van der Waals surface area contributed by atoms with Crippen LogP contribution < -0.4 is 9.47 Å². The third-order valence-corrected chi connectivity index (χ3v) is 6.68. The molecule has 4 unspecified atom stereocenters. The SMILES string of the molecule is CCCC(OCC1CCC2OC2C1)Oc1ccc(OC(=O)c2ccc(-c3ccccc3)cc2)cc1. The molecular formula is C30H32O5. The molecule has 2 aliphatic rings. The van der Waals surface area contributed by atoms with Crippen LogP contribution in [0.15, 0.2) is 78.9 Å². The zero-order valence-electron chi connectivity index (χ0n) is 20.1. The zero-order chi connectivity index (χ0) is 24.0. The molecule has 1 aliphatic carbocycles. The van der Waals surface area contributed by atoms with Gasteiger partial charge in [0.15, 0.2) is 6.29 Å². The van der Waals surface area contributed by atoms with E-state index in [0.717, 1.165) is 43.2 Å². The smallest absolute Gasteiger partial charge is 0.343 e. The van der Waals surface area contributed by atoms with Gasteiger partial charge in [0.2, 0.25) is 0 Å². The van der Waals surface area contributed by atoms with E-state index < -0.39 is 0 Å². The fourth-order valence-corrected chi connectivity index (χ4v) is 4.63. The highest BCUT2D eigenvalue weighted by atomic mass is 16.7. The van der Waals surface area contributed by atoms with E-state index in [1.807, 2.05) is 54.6 Å². The van der Waals surface area contributed by atoms with Crippen molar-refractivity contribution in [2.75, 3.05) is 6.61 Å². The van der Waals surface area contributed by atoms with Gasteiger partial charge in [0, 0.05) is 6.42 Å². The average Bonchev–Trinajstić information content (AvgIpc) is 3.68. The van der Waals surface area contributed by atoms with Crippen molar-refractivity contribution in [3.63, 3.8) is 0 Å². The van der Waals surface area contributed by atoms with Crippen LogP contribution in [0.2, 0.25) is 0 Å². The van der Waals surface area contributed by atoms with Gasteiger partial charge in [-0.25, -0.2) is 4.79 Å². The van der Waals surface area contributed by atoms with Crippen LogP contribution in [-0.2, 0) is 9.47 Å². The van der Waals surface area contributed by atoms with Gasteiger partial charge >= 0.3 is 5.97 Å². The molecule has 0 aromatic heterocycles. The van der Waals surface area contributed by atoms with Crippen LogP contribution in [0, 0.1) is 5.92 Å². The predicted molar refractivity (Wildman–Crippen MR) is 135 cm³/mol. The van der Waals surface area contributed by atoms with Crippen molar-refractivity contribution in [3.8, 4) is 22.6 Å². The summed E-state index contributed by atoms with van der Waals surface area (Å²) in [5.41, 5.74) is 2.67. The van der Waals surface area contributed by atoms with E-state index in [0.29, 0.717) is 41.8 Å². The maximum Gasteiger partial charge on any atom is 0.343 e. The van der Waals surface area contributed by atoms with E-state index in [2.05, 4.69) is 6.92 Å². The Hall–Kier alpha value is -3.15. The van der Waals surface area contributed by atoms with E-state index in [1.54, 1.807) is 24.3 Å². The second-order valence-electron chi connectivity index (χ2n) is 9.37. The summed E-state index contributed by atoms with van der Waals surface area (Å²) in [5.74, 6) is 1.33. The van der Waals surface area contributed by atoms with Gasteiger partial charge in [0.1, 0.15) is 11.5 Å². The number of rotatable bonds is 10. The lowest BCUT2D eigenvalue weighted by atomic mass is 9.90. The molecule has 1 saturated heterocycles. The summed E-state index contributed by atoms with van der Waals surface area (Å²) in [4.78, 5) is 12.6. The lowest BCUT2D eigenvalue weighted by molar-refractivity contribution is -0.0981. The van der Waals surface area contributed by atoms with E-state index in [9.17, 15) is 4.79 Å². The highest BCUT2D eigenvalue weighted by Crippen LogP contribution is 2.39. The molecule has 5 nitrogen and oxygen atoms in total. The summed E-state index contributed by atoms with van der Waals surface area (Å²) in [7, 11) is 0. The normalized spacial score (nSPS) is 21.6. The van der Waals surface area contributed by atoms with Crippen molar-refractivity contribution >= 4 is 5.97 Å². The number of ether oxygens (including phenoxy) is 4. The van der Waals surface area contributed by atoms with E-state index in [-0.39, 0.29) is 12.3 Å². The molecule has 0 amide bonds. The Morgan fingerprint density at radius 1 is 0.886 bits per heavy atom. The standard InChI is InChI=1S/C30H32O5/c1-2-6-29(32-20-21-9-18-27-28(19-21)35-27)33-25-14-16-26(17-15-25)34-30(31)24-12-10-23(11-13-24)22-7-4-3-5-8-22/h3-5,7-8,10-17,21,27-29H,2,6,9,18-20H2,1H3. The van der Waals surface area contributed by atoms with Crippen LogP contribution >= 0.6 is 0 Å². The van der Waals surface area contributed by atoms with Crippen LogP contribution in [0.3, 0.4) is 0 Å². The molecule has 1 heterocycles. The molecule has 3 aromatic carbocycles. The molecule has 0 spiro atoms. The molecule has 1 aliphatic heterocycles. The van der Waals surface area contributed by atoms with Crippen molar-refractivity contribution in [2.24, 2.45) is 5.92 Å². The number of hydrogen-bond donors (Lipinski definition) is 0. The third-order valence-electron chi connectivity index (χ3n) is 6.68. The maximum absolute atomic E-state index is 12.6. The van der Waals surface area contributed by atoms with E-state index in [1.165, 1.54) is 0 Å². The molecule has 0 bridgehead atoms. The van der Waals surface area contributed by atoms with Crippen molar-refractivity contribution < 1.29 is 23.7 Å². The summed E-state index contributed by atoms with van der Waals surface area (Å²) < 4.78 is 23.4. The first kappa shape index (κ1) is 23.6. The zero-order valence-corrected chi connectivity index (χ0v) is 20.1. The van der Waals surface area contributed by atoms with Crippen LogP contribution in [0.5, 0.6) is 11.5 Å². The molecule has 3 aromatic rings. The molecular weight excluding hydrogens is 440 g/mol. The van der Waals surface area contributed by atoms with Gasteiger partial charge in [-0.15, -0.1) is 0 Å². The largest absolute Gasteiger partial charge is 0.465 e. The van der Waals surface area contributed by atoms with Crippen LogP contribution in [-0.4, -0.2) is 31.1 Å². The highest BCUT2D eigenvalue weighted by molar-refractivity contribution is 5.91. The molecule has 4 atom stereocenters. The van der Waals surface area contributed by atoms with Crippen molar-refractivity contribution in [3.05, 3.63) is 84.4 Å². The number of hydrogen-bond acceptors (Lipinski definition) is 5. The van der Waals surface area contributed by atoms with Crippen molar-refractivity contribution in [1.82, 2.24) is 0 Å². The molecule has 5 heteroatoms. The second-order valence-corrected chi connectivity index (χ2v) is 9.37. The Morgan fingerprint density at radius 2 is 1.60 bits per heavy atom. The fraction of sp³-hybridized carbons (Fsp3) is 0.367. The van der Waals surface area contributed by atoms with Crippen molar-refractivity contribution in [1.29, 1.82) is 0 Å². The minimum absolute atomic E-state index is 0.283. The van der Waals surface area contributed by atoms with Gasteiger partial charge in [-0.05, 0) is 72.7 Å². The molecule has 0 N–H and O–H groups in total. The van der Waals surface area contributed by atoms with Gasteiger partial charge in [0.25, 0.3) is 0 Å². The number of carbonyl (C=O) groups is 1. The Labute approximate surface area is 207 Å². The van der Waals surface area contributed by atoms with Gasteiger partial charge in [0.05, 0.1) is 24.4 Å². The third kappa shape index (κ3) is 6.30. The molecule has 182 valence electrons. The molecule has 5 rings (SSSR count). The van der Waals surface area contributed by atoms with Gasteiger partial charge in [-0.2, -0.15) is 0 Å². The number of benzene rings is 3. The Bertz CT molecular complexity index is 1090. The first-order valence-electron chi connectivity index (χ1n) is 12.6. The van der Waals surface area contributed by atoms with Crippen LogP contribution in [0.1, 0.15) is 49.4 Å². The average molecular weight is 473 g/mol. The molecule has 1 saturated carbocycles.